The molecule has 0 radical (unpaired) electrons. The van der Waals surface area contributed by atoms with Gasteiger partial charge in [-0.15, -0.1) is 0 Å². The van der Waals surface area contributed by atoms with Crippen molar-refractivity contribution >= 4 is 5.97 Å². The normalized spacial score (nSPS) is 11.6. The third-order valence-electron chi connectivity index (χ3n) is 2.43. The van der Waals surface area contributed by atoms with Gasteiger partial charge in [-0.2, -0.15) is 5.10 Å². The second-order valence-corrected chi connectivity index (χ2v) is 3.94. The summed E-state index contributed by atoms with van der Waals surface area (Å²) in [5.41, 5.74) is 0.851. The highest BCUT2D eigenvalue weighted by Crippen LogP contribution is 2.26. The second kappa shape index (κ2) is 3.82. The molecule has 0 unspecified atom stereocenters. The van der Waals surface area contributed by atoms with E-state index >= 15 is 0 Å². The Kier molecular flexibility index (Phi) is 2.93. The zero-order valence-corrected chi connectivity index (χ0v) is 8.79. The summed E-state index contributed by atoms with van der Waals surface area (Å²) >= 11 is 0. The van der Waals surface area contributed by atoms with E-state index in [-0.39, 0.29) is 0 Å². The summed E-state index contributed by atoms with van der Waals surface area (Å²) in [6, 6.07) is 0. The van der Waals surface area contributed by atoms with Gasteiger partial charge in [0.1, 0.15) is 0 Å². The van der Waals surface area contributed by atoms with Crippen LogP contribution < -0.4 is 0 Å². The van der Waals surface area contributed by atoms with Crippen molar-refractivity contribution in [1.29, 1.82) is 0 Å². The lowest BCUT2D eigenvalue weighted by Gasteiger charge is -2.18. The second-order valence-electron chi connectivity index (χ2n) is 3.94. The van der Waals surface area contributed by atoms with Gasteiger partial charge in [-0.1, -0.05) is 13.3 Å². The van der Waals surface area contributed by atoms with E-state index in [1.165, 1.54) is 0 Å². The quantitative estimate of drug-likeness (QED) is 0.770. The maximum absolute atomic E-state index is 11.0. The van der Waals surface area contributed by atoms with Crippen molar-refractivity contribution in [3.05, 3.63) is 17.5 Å². The SMILES string of the molecule is CCCc1[nH]ncc1C(C)(C)C(=O)O. The van der Waals surface area contributed by atoms with Crippen molar-refractivity contribution in [3.63, 3.8) is 0 Å². The monoisotopic (exact) mass is 196 g/mol. The van der Waals surface area contributed by atoms with Crippen LogP contribution in [-0.4, -0.2) is 21.3 Å². The molecule has 4 heteroatoms. The molecule has 14 heavy (non-hydrogen) atoms. The van der Waals surface area contributed by atoms with Crippen LogP contribution >= 0.6 is 0 Å². The van der Waals surface area contributed by atoms with Gasteiger partial charge in [0, 0.05) is 11.3 Å². The van der Waals surface area contributed by atoms with Gasteiger partial charge in [0.15, 0.2) is 0 Å². The average molecular weight is 196 g/mol. The fourth-order valence-corrected chi connectivity index (χ4v) is 1.41. The zero-order chi connectivity index (χ0) is 10.8. The first-order chi connectivity index (χ1) is 6.50. The van der Waals surface area contributed by atoms with Crippen molar-refractivity contribution in [2.24, 2.45) is 0 Å². The minimum absolute atomic E-state index is 0.784. The van der Waals surface area contributed by atoms with Crippen molar-refractivity contribution in [2.75, 3.05) is 0 Å². The van der Waals surface area contributed by atoms with Crippen LogP contribution in [0.1, 0.15) is 38.4 Å². The summed E-state index contributed by atoms with van der Waals surface area (Å²) < 4.78 is 0. The number of aromatic nitrogens is 2. The standard InChI is InChI=1S/C10H16N2O2/c1-4-5-8-7(6-11-12-8)10(2,3)9(13)14/h6H,4-5H2,1-3H3,(H,11,12)(H,13,14). The van der Waals surface area contributed by atoms with E-state index < -0.39 is 11.4 Å². The Morgan fingerprint density at radius 3 is 2.79 bits per heavy atom. The molecule has 1 aromatic heterocycles. The molecule has 1 aromatic rings. The molecule has 0 aliphatic heterocycles. The largest absolute Gasteiger partial charge is 0.481 e. The van der Waals surface area contributed by atoms with E-state index in [9.17, 15) is 4.79 Å². The fraction of sp³-hybridized carbons (Fsp3) is 0.600. The first-order valence-corrected chi connectivity index (χ1v) is 4.76. The summed E-state index contributed by atoms with van der Waals surface area (Å²) in [5, 5.41) is 15.8. The van der Waals surface area contributed by atoms with Crippen LogP contribution in [0.25, 0.3) is 0 Å². The van der Waals surface area contributed by atoms with Crippen molar-refractivity contribution < 1.29 is 9.90 Å². The number of carbonyl (C=O) groups is 1. The van der Waals surface area contributed by atoms with E-state index in [0.29, 0.717) is 0 Å². The number of carboxylic acids is 1. The molecule has 1 heterocycles. The Labute approximate surface area is 83.3 Å². The number of rotatable bonds is 4. The summed E-state index contributed by atoms with van der Waals surface area (Å²) in [5.74, 6) is -0.823. The zero-order valence-electron chi connectivity index (χ0n) is 8.79. The van der Waals surface area contributed by atoms with E-state index in [1.54, 1.807) is 20.0 Å². The third kappa shape index (κ3) is 1.78. The summed E-state index contributed by atoms with van der Waals surface area (Å²) in [4.78, 5) is 11.0. The van der Waals surface area contributed by atoms with Crippen LogP contribution in [0.5, 0.6) is 0 Å². The third-order valence-corrected chi connectivity index (χ3v) is 2.43. The van der Waals surface area contributed by atoms with Gasteiger partial charge >= 0.3 is 5.97 Å². The lowest BCUT2D eigenvalue weighted by atomic mass is 9.84. The highest BCUT2D eigenvalue weighted by molar-refractivity contribution is 5.80. The maximum Gasteiger partial charge on any atom is 0.313 e. The van der Waals surface area contributed by atoms with Crippen molar-refractivity contribution in [1.82, 2.24) is 10.2 Å². The Morgan fingerprint density at radius 2 is 2.29 bits per heavy atom. The number of carboxylic acid groups (broad SMARTS) is 1. The highest BCUT2D eigenvalue weighted by Gasteiger charge is 2.32. The van der Waals surface area contributed by atoms with Crippen LogP contribution in [0.2, 0.25) is 0 Å². The molecule has 78 valence electrons. The van der Waals surface area contributed by atoms with E-state index in [2.05, 4.69) is 17.1 Å². The molecule has 0 atom stereocenters. The molecule has 0 amide bonds. The van der Waals surface area contributed by atoms with Gasteiger partial charge in [0.2, 0.25) is 0 Å². The summed E-state index contributed by atoms with van der Waals surface area (Å²) in [7, 11) is 0. The molecular weight excluding hydrogens is 180 g/mol. The van der Waals surface area contributed by atoms with Crippen LogP contribution in [-0.2, 0) is 16.6 Å². The predicted molar refractivity (Wildman–Crippen MR) is 53.2 cm³/mol. The molecule has 0 aromatic carbocycles. The predicted octanol–water partition coefficient (Wildman–Crippen LogP) is 1.72. The van der Waals surface area contributed by atoms with E-state index in [4.69, 9.17) is 5.11 Å². The Morgan fingerprint density at radius 1 is 1.64 bits per heavy atom. The molecule has 0 bridgehead atoms. The number of hydrogen-bond donors (Lipinski definition) is 2. The number of nitrogens with zero attached hydrogens (tertiary/aromatic N) is 1. The summed E-state index contributed by atoms with van der Waals surface area (Å²) in [6.07, 6.45) is 3.43. The first-order valence-electron chi connectivity index (χ1n) is 4.76. The molecular formula is C10H16N2O2. The number of hydrogen-bond acceptors (Lipinski definition) is 2. The van der Waals surface area contributed by atoms with Gasteiger partial charge in [-0.3, -0.25) is 9.89 Å². The number of nitrogens with one attached hydrogen (secondary N) is 1. The molecule has 0 fully saturated rings. The molecule has 0 aliphatic carbocycles. The fourth-order valence-electron chi connectivity index (χ4n) is 1.41. The van der Waals surface area contributed by atoms with Gasteiger partial charge in [0.05, 0.1) is 11.6 Å². The molecule has 1 rings (SSSR count). The average Bonchev–Trinajstić information content (AvgIpc) is 2.53. The van der Waals surface area contributed by atoms with Gasteiger partial charge < -0.3 is 5.11 Å². The molecule has 2 N–H and O–H groups in total. The Hall–Kier alpha value is -1.32. The lowest BCUT2D eigenvalue weighted by Crippen LogP contribution is -2.29. The maximum atomic E-state index is 11.0. The molecule has 0 saturated heterocycles. The van der Waals surface area contributed by atoms with Crippen LogP contribution in [0.4, 0.5) is 0 Å². The van der Waals surface area contributed by atoms with Gasteiger partial charge in [-0.05, 0) is 20.3 Å². The van der Waals surface area contributed by atoms with E-state index in [1.807, 2.05) is 0 Å². The Balaban J connectivity index is 3.05. The number of aromatic amines is 1. The molecule has 0 saturated carbocycles. The van der Waals surface area contributed by atoms with Crippen LogP contribution in [0.3, 0.4) is 0 Å². The summed E-state index contributed by atoms with van der Waals surface area (Å²) in [6.45, 7) is 5.44. The number of aliphatic carboxylic acids is 1. The van der Waals surface area contributed by atoms with Crippen LogP contribution in [0, 0.1) is 0 Å². The first kappa shape index (κ1) is 10.8. The van der Waals surface area contributed by atoms with E-state index in [0.717, 1.165) is 24.1 Å². The van der Waals surface area contributed by atoms with Gasteiger partial charge in [-0.25, -0.2) is 0 Å². The van der Waals surface area contributed by atoms with Crippen molar-refractivity contribution in [2.45, 2.75) is 39.0 Å². The highest BCUT2D eigenvalue weighted by atomic mass is 16.4. The number of aryl methyl sites for hydroxylation is 1. The molecule has 4 nitrogen and oxygen atoms in total. The minimum atomic E-state index is -0.864. The minimum Gasteiger partial charge on any atom is -0.481 e. The van der Waals surface area contributed by atoms with Crippen molar-refractivity contribution in [3.8, 4) is 0 Å². The molecule has 0 spiro atoms. The smallest absolute Gasteiger partial charge is 0.313 e. The number of H-pyrrole nitrogens is 1. The van der Waals surface area contributed by atoms with Gasteiger partial charge in [0.25, 0.3) is 0 Å². The Bertz CT molecular complexity index is 329. The topological polar surface area (TPSA) is 66.0 Å². The van der Waals surface area contributed by atoms with Crippen LogP contribution in [0.15, 0.2) is 6.20 Å². The lowest BCUT2D eigenvalue weighted by molar-refractivity contribution is -0.142. The molecule has 0 aliphatic rings.